The van der Waals surface area contributed by atoms with E-state index in [0.717, 1.165) is 16.8 Å². The zero-order chi connectivity index (χ0) is 21.6. The number of aryl methyl sites for hydroxylation is 1. The first-order valence-corrected chi connectivity index (χ1v) is 9.18. The van der Waals surface area contributed by atoms with Crippen LogP contribution in [0.4, 0.5) is 5.69 Å². The van der Waals surface area contributed by atoms with Gasteiger partial charge in [0.1, 0.15) is 0 Å². The summed E-state index contributed by atoms with van der Waals surface area (Å²) in [6.45, 7) is 5.61. The first-order valence-electron chi connectivity index (χ1n) is 9.18. The van der Waals surface area contributed by atoms with E-state index in [1.165, 1.54) is 33.5 Å². The van der Waals surface area contributed by atoms with Gasteiger partial charge < -0.3 is 24.3 Å². The molecule has 0 aliphatic carbocycles. The van der Waals surface area contributed by atoms with Crippen LogP contribution in [0.15, 0.2) is 30.3 Å². The quantitative estimate of drug-likeness (QED) is 0.675. The maximum atomic E-state index is 12.4. The number of nitrogens with one attached hydrogen (secondary N) is 1. The van der Waals surface area contributed by atoms with Crippen LogP contribution in [-0.2, 0) is 9.53 Å². The van der Waals surface area contributed by atoms with Gasteiger partial charge in [0.15, 0.2) is 18.1 Å². The van der Waals surface area contributed by atoms with Gasteiger partial charge in [-0.05, 0) is 36.1 Å². The predicted molar refractivity (Wildman–Crippen MR) is 110 cm³/mol. The summed E-state index contributed by atoms with van der Waals surface area (Å²) in [6.07, 6.45) is 0. The highest BCUT2D eigenvalue weighted by Gasteiger charge is 2.19. The van der Waals surface area contributed by atoms with E-state index >= 15 is 0 Å². The van der Waals surface area contributed by atoms with E-state index in [9.17, 15) is 9.59 Å². The van der Waals surface area contributed by atoms with Gasteiger partial charge in [-0.1, -0.05) is 32.0 Å². The first-order chi connectivity index (χ1) is 13.8. The minimum atomic E-state index is -0.673. The van der Waals surface area contributed by atoms with Gasteiger partial charge in [0.2, 0.25) is 5.75 Å². The molecule has 0 aliphatic rings. The van der Waals surface area contributed by atoms with Crippen molar-refractivity contribution >= 4 is 17.6 Å². The molecule has 0 fully saturated rings. The number of methoxy groups -OCH3 is 3. The first kappa shape index (κ1) is 22.1. The number of ether oxygens (including phenoxy) is 4. The lowest BCUT2D eigenvalue weighted by atomic mass is 9.98. The molecule has 2 aromatic rings. The van der Waals surface area contributed by atoms with Crippen LogP contribution in [0.3, 0.4) is 0 Å². The summed E-state index contributed by atoms with van der Waals surface area (Å²) in [5.41, 5.74) is 2.90. The molecular weight excluding hydrogens is 374 g/mol. The third kappa shape index (κ3) is 5.19. The largest absolute Gasteiger partial charge is 0.493 e. The molecule has 1 amide bonds. The highest BCUT2D eigenvalue weighted by Crippen LogP contribution is 2.38. The lowest BCUT2D eigenvalue weighted by molar-refractivity contribution is -0.119. The molecule has 0 bridgehead atoms. The van der Waals surface area contributed by atoms with Crippen LogP contribution in [0.5, 0.6) is 17.2 Å². The topological polar surface area (TPSA) is 83.1 Å². The third-order valence-corrected chi connectivity index (χ3v) is 4.43. The predicted octanol–water partition coefficient (Wildman–Crippen LogP) is 3.94. The fourth-order valence-corrected chi connectivity index (χ4v) is 2.93. The number of hydrogen-bond acceptors (Lipinski definition) is 6. The Labute approximate surface area is 170 Å². The number of carbonyl (C=O) groups excluding carboxylic acids is 2. The van der Waals surface area contributed by atoms with Crippen LogP contribution < -0.4 is 19.5 Å². The molecule has 0 radical (unpaired) electrons. The number of amides is 1. The van der Waals surface area contributed by atoms with Crippen molar-refractivity contribution in [2.45, 2.75) is 26.7 Å². The van der Waals surface area contributed by atoms with Gasteiger partial charge in [-0.25, -0.2) is 4.79 Å². The average molecular weight is 401 g/mol. The summed E-state index contributed by atoms with van der Waals surface area (Å²) in [7, 11) is 4.38. The number of hydrogen-bond donors (Lipinski definition) is 1. The van der Waals surface area contributed by atoms with E-state index in [-0.39, 0.29) is 11.5 Å². The zero-order valence-electron chi connectivity index (χ0n) is 17.6. The molecule has 0 heterocycles. The van der Waals surface area contributed by atoms with Crippen molar-refractivity contribution in [3.63, 3.8) is 0 Å². The SMILES string of the molecule is COc1cc(C(=O)OCC(=O)Nc2c(C)cccc2C(C)C)cc(OC)c1OC. The lowest BCUT2D eigenvalue weighted by Crippen LogP contribution is -2.22. The minimum Gasteiger partial charge on any atom is -0.493 e. The second-order valence-electron chi connectivity index (χ2n) is 6.73. The van der Waals surface area contributed by atoms with Gasteiger partial charge in [-0.15, -0.1) is 0 Å². The van der Waals surface area contributed by atoms with Gasteiger partial charge in [0.25, 0.3) is 5.91 Å². The molecule has 0 saturated carbocycles. The Morgan fingerprint density at radius 3 is 2.14 bits per heavy atom. The molecule has 1 N–H and O–H groups in total. The van der Waals surface area contributed by atoms with Crippen molar-refractivity contribution in [3.05, 3.63) is 47.0 Å². The van der Waals surface area contributed by atoms with Gasteiger partial charge in [-0.3, -0.25) is 4.79 Å². The number of carbonyl (C=O) groups is 2. The van der Waals surface area contributed by atoms with Crippen molar-refractivity contribution in [2.24, 2.45) is 0 Å². The molecule has 0 unspecified atom stereocenters. The van der Waals surface area contributed by atoms with E-state index in [1.807, 2.05) is 25.1 Å². The Kier molecular flexibility index (Phi) is 7.47. The molecule has 7 nitrogen and oxygen atoms in total. The Hall–Kier alpha value is -3.22. The summed E-state index contributed by atoms with van der Waals surface area (Å²) in [6, 6.07) is 8.78. The number of para-hydroxylation sites is 1. The summed E-state index contributed by atoms with van der Waals surface area (Å²) >= 11 is 0. The van der Waals surface area contributed by atoms with Crippen LogP contribution in [-0.4, -0.2) is 39.8 Å². The molecular formula is C22H27NO6. The van der Waals surface area contributed by atoms with Crippen molar-refractivity contribution in [1.82, 2.24) is 0 Å². The fraction of sp³-hybridized carbons (Fsp3) is 0.364. The molecule has 2 rings (SSSR count). The van der Waals surface area contributed by atoms with Crippen molar-refractivity contribution < 1.29 is 28.5 Å². The second-order valence-corrected chi connectivity index (χ2v) is 6.73. The highest BCUT2D eigenvalue weighted by molar-refractivity contribution is 5.97. The van der Waals surface area contributed by atoms with Gasteiger partial charge in [0.05, 0.1) is 26.9 Å². The van der Waals surface area contributed by atoms with E-state index in [1.54, 1.807) is 0 Å². The van der Waals surface area contributed by atoms with Crippen LogP contribution in [0.25, 0.3) is 0 Å². The number of esters is 1. The Bertz CT molecular complexity index is 866. The molecule has 156 valence electrons. The summed E-state index contributed by atoms with van der Waals surface area (Å²) in [4.78, 5) is 24.8. The van der Waals surface area contributed by atoms with Gasteiger partial charge >= 0.3 is 5.97 Å². The molecule has 0 saturated heterocycles. The highest BCUT2D eigenvalue weighted by atomic mass is 16.5. The summed E-state index contributed by atoms with van der Waals surface area (Å²) in [5.74, 6) is 0.168. The van der Waals surface area contributed by atoms with Crippen LogP contribution in [0.2, 0.25) is 0 Å². The van der Waals surface area contributed by atoms with Crippen molar-refractivity contribution in [1.29, 1.82) is 0 Å². The van der Waals surface area contributed by atoms with Crippen molar-refractivity contribution in [2.75, 3.05) is 33.3 Å². The summed E-state index contributed by atoms with van der Waals surface area (Å²) < 4.78 is 20.9. The van der Waals surface area contributed by atoms with E-state index in [4.69, 9.17) is 18.9 Å². The molecule has 0 spiro atoms. The van der Waals surface area contributed by atoms with Crippen LogP contribution >= 0.6 is 0 Å². The second kappa shape index (κ2) is 9.82. The molecule has 7 heteroatoms. The monoisotopic (exact) mass is 401 g/mol. The molecule has 0 atom stereocenters. The minimum absolute atomic E-state index is 0.186. The number of anilines is 1. The lowest BCUT2D eigenvalue weighted by Gasteiger charge is -2.16. The summed E-state index contributed by atoms with van der Waals surface area (Å²) in [5, 5.41) is 2.84. The normalized spacial score (nSPS) is 10.4. The zero-order valence-corrected chi connectivity index (χ0v) is 17.6. The van der Waals surface area contributed by atoms with Crippen LogP contribution in [0, 0.1) is 6.92 Å². The van der Waals surface area contributed by atoms with E-state index < -0.39 is 18.5 Å². The Morgan fingerprint density at radius 1 is 1.00 bits per heavy atom. The van der Waals surface area contributed by atoms with Gasteiger partial charge in [-0.2, -0.15) is 0 Å². The molecule has 0 aromatic heterocycles. The Morgan fingerprint density at radius 2 is 1.62 bits per heavy atom. The maximum absolute atomic E-state index is 12.4. The number of rotatable bonds is 8. The molecule has 29 heavy (non-hydrogen) atoms. The van der Waals surface area contributed by atoms with Gasteiger partial charge in [0, 0.05) is 5.69 Å². The fourth-order valence-electron chi connectivity index (χ4n) is 2.93. The van der Waals surface area contributed by atoms with Crippen LogP contribution in [0.1, 0.15) is 41.3 Å². The third-order valence-electron chi connectivity index (χ3n) is 4.43. The molecule has 0 aliphatic heterocycles. The Balaban J connectivity index is 2.11. The van der Waals surface area contributed by atoms with E-state index in [0.29, 0.717) is 17.2 Å². The average Bonchev–Trinajstić information content (AvgIpc) is 2.71. The number of benzene rings is 2. The maximum Gasteiger partial charge on any atom is 0.338 e. The standard InChI is InChI=1S/C22H27NO6/c1-13(2)16-9-7-8-14(3)20(16)23-19(24)12-29-22(25)15-10-17(26-4)21(28-6)18(11-15)27-5/h7-11,13H,12H2,1-6H3,(H,23,24). The molecule has 2 aromatic carbocycles. The smallest absolute Gasteiger partial charge is 0.338 e. The van der Waals surface area contributed by atoms with Crippen molar-refractivity contribution in [3.8, 4) is 17.2 Å². The van der Waals surface area contributed by atoms with E-state index in [2.05, 4.69) is 19.2 Å².